The van der Waals surface area contributed by atoms with E-state index in [-0.39, 0.29) is 11.8 Å². The maximum absolute atomic E-state index is 13.1. The molecule has 5 heteroatoms. The molecule has 1 saturated carbocycles. The van der Waals surface area contributed by atoms with Gasteiger partial charge in [-0.05, 0) is 53.0 Å². The minimum Gasteiger partial charge on any atom is -0.338 e. The van der Waals surface area contributed by atoms with E-state index in [1.165, 1.54) is 12.0 Å². The summed E-state index contributed by atoms with van der Waals surface area (Å²) in [5.41, 5.74) is 2.62. The molecule has 2 aromatic rings. The van der Waals surface area contributed by atoms with Gasteiger partial charge in [0, 0.05) is 58.3 Å². The minimum atomic E-state index is 0.112. The second kappa shape index (κ2) is 9.18. The molecule has 0 spiro atoms. The number of fused-ring (bicyclic) bond motifs is 2. The molecule has 3 aliphatic carbocycles. The first-order valence-corrected chi connectivity index (χ1v) is 12.8. The van der Waals surface area contributed by atoms with E-state index in [9.17, 15) is 9.59 Å². The molecule has 4 aliphatic rings. The molecule has 2 atom stereocenters. The molecule has 2 unspecified atom stereocenters. The van der Waals surface area contributed by atoms with Crippen LogP contribution in [0.25, 0.3) is 10.8 Å². The second-order valence-corrected chi connectivity index (χ2v) is 11.0. The fourth-order valence-corrected chi connectivity index (χ4v) is 6.17. The van der Waals surface area contributed by atoms with Crippen molar-refractivity contribution in [2.45, 2.75) is 33.6 Å². The highest BCUT2D eigenvalue weighted by molar-refractivity contribution is 5.98. The fourth-order valence-electron chi connectivity index (χ4n) is 6.17. The van der Waals surface area contributed by atoms with Crippen LogP contribution in [0.15, 0.2) is 54.1 Å². The third-order valence-corrected chi connectivity index (χ3v) is 8.74. The van der Waals surface area contributed by atoms with Crippen LogP contribution in [0.4, 0.5) is 0 Å². The van der Waals surface area contributed by atoms with E-state index in [0.29, 0.717) is 11.3 Å². The van der Waals surface area contributed by atoms with Crippen molar-refractivity contribution in [2.24, 2.45) is 17.3 Å². The molecule has 1 saturated heterocycles. The zero-order valence-corrected chi connectivity index (χ0v) is 20.8. The first kappa shape index (κ1) is 23.1. The second-order valence-electron chi connectivity index (χ2n) is 11.0. The molecule has 1 heterocycles. The van der Waals surface area contributed by atoms with Crippen LogP contribution in [0.5, 0.6) is 0 Å². The molecule has 1 aliphatic heterocycles. The molecule has 0 N–H and O–H groups in total. The Bertz CT molecular complexity index is 1110. The smallest absolute Gasteiger partial charge is 0.253 e. The molecule has 180 valence electrons. The predicted octanol–water partition coefficient (Wildman–Crippen LogP) is 4.44. The van der Waals surface area contributed by atoms with E-state index in [1.807, 2.05) is 40.1 Å². The van der Waals surface area contributed by atoms with Gasteiger partial charge in [-0.25, -0.2) is 0 Å². The summed E-state index contributed by atoms with van der Waals surface area (Å²) in [4.78, 5) is 31.8. The summed E-state index contributed by atoms with van der Waals surface area (Å²) >= 11 is 0. The maximum atomic E-state index is 13.1. The van der Waals surface area contributed by atoms with Gasteiger partial charge in [0.15, 0.2) is 0 Å². The number of carbonyl (C=O) groups is 2. The fraction of sp³-hybridized carbons (Fsp3) is 0.517. The van der Waals surface area contributed by atoms with Gasteiger partial charge in [-0.3, -0.25) is 14.5 Å². The van der Waals surface area contributed by atoms with Crippen LogP contribution in [-0.2, 0) is 4.79 Å². The monoisotopic (exact) mass is 459 g/mol. The Morgan fingerprint density at radius 2 is 1.76 bits per heavy atom. The number of rotatable bonds is 6. The van der Waals surface area contributed by atoms with Crippen LogP contribution in [-0.4, -0.2) is 72.3 Å². The lowest BCUT2D eigenvalue weighted by Crippen LogP contribution is -2.52. The van der Waals surface area contributed by atoms with E-state index in [2.05, 4.69) is 37.0 Å². The Labute approximate surface area is 203 Å². The molecule has 0 radical (unpaired) electrons. The van der Waals surface area contributed by atoms with Crippen molar-refractivity contribution in [1.82, 2.24) is 14.7 Å². The average Bonchev–Trinajstić information content (AvgIpc) is 2.86. The van der Waals surface area contributed by atoms with Crippen molar-refractivity contribution >= 4 is 22.6 Å². The summed E-state index contributed by atoms with van der Waals surface area (Å²) in [6.07, 6.45) is 4.85. The van der Waals surface area contributed by atoms with E-state index < -0.39 is 0 Å². The van der Waals surface area contributed by atoms with Crippen molar-refractivity contribution in [3.63, 3.8) is 0 Å². The van der Waals surface area contributed by atoms with E-state index in [0.717, 1.165) is 74.5 Å². The average molecular weight is 460 g/mol. The minimum absolute atomic E-state index is 0.112. The highest BCUT2D eigenvalue weighted by atomic mass is 16.2. The summed E-state index contributed by atoms with van der Waals surface area (Å²) < 4.78 is 0. The lowest BCUT2D eigenvalue weighted by molar-refractivity contribution is -0.129. The molecule has 2 fully saturated rings. The largest absolute Gasteiger partial charge is 0.338 e. The van der Waals surface area contributed by atoms with Gasteiger partial charge in [-0.1, -0.05) is 55.8 Å². The summed E-state index contributed by atoms with van der Waals surface area (Å²) in [7, 11) is 0. The molecule has 5 nitrogen and oxygen atoms in total. The Balaban J connectivity index is 1.13. The van der Waals surface area contributed by atoms with Gasteiger partial charge in [0.05, 0.1) is 0 Å². The van der Waals surface area contributed by atoms with Gasteiger partial charge < -0.3 is 9.80 Å². The number of amides is 2. The van der Waals surface area contributed by atoms with Crippen LogP contribution < -0.4 is 0 Å². The number of hydrogen-bond acceptors (Lipinski definition) is 3. The number of benzene rings is 2. The zero-order chi connectivity index (χ0) is 23.9. The molecule has 0 aromatic heterocycles. The SMILES string of the molecule is CC(=O)N(CCN1CCN(C(=O)c2ccc3ccccc3c2)CC1)CC1=CCC2CC1C2(C)C. The van der Waals surface area contributed by atoms with Crippen molar-refractivity contribution in [3.05, 3.63) is 59.7 Å². The predicted molar refractivity (Wildman–Crippen MR) is 137 cm³/mol. The number of carbonyl (C=O) groups excluding carboxylic acids is 2. The molecule has 6 rings (SSSR count). The van der Waals surface area contributed by atoms with Gasteiger partial charge in [0.2, 0.25) is 5.91 Å². The van der Waals surface area contributed by atoms with Crippen molar-refractivity contribution in [3.8, 4) is 0 Å². The summed E-state index contributed by atoms with van der Waals surface area (Å²) in [5, 5.41) is 2.26. The van der Waals surface area contributed by atoms with Gasteiger partial charge in [0.1, 0.15) is 0 Å². The maximum Gasteiger partial charge on any atom is 0.253 e. The van der Waals surface area contributed by atoms with E-state index in [1.54, 1.807) is 6.92 Å². The van der Waals surface area contributed by atoms with E-state index in [4.69, 9.17) is 0 Å². The van der Waals surface area contributed by atoms with Crippen LogP contribution in [0, 0.1) is 17.3 Å². The van der Waals surface area contributed by atoms with Gasteiger partial charge in [-0.15, -0.1) is 0 Å². The quantitative estimate of drug-likeness (QED) is 0.600. The summed E-state index contributed by atoms with van der Waals surface area (Å²) in [6, 6.07) is 14.1. The molecule has 2 aromatic carbocycles. The molecule has 2 bridgehead atoms. The Kier molecular flexibility index (Phi) is 6.24. The zero-order valence-electron chi connectivity index (χ0n) is 20.8. The third kappa shape index (κ3) is 4.38. The van der Waals surface area contributed by atoms with Gasteiger partial charge in [0.25, 0.3) is 5.91 Å². The van der Waals surface area contributed by atoms with Crippen LogP contribution in [0.2, 0.25) is 0 Å². The standard InChI is InChI=1S/C29H37N3O2/c1-21(33)32(20-25-10-11-26-19-27(25)29(26,2)3)17-14-30-12-15-31(16-13-30)28(34)24-9-8-22-6-4-5-7-23(22)18-24/h4-10,18,26-27H,11-17,19-20H2,1-3H3. The number of piperazine rings is 1. The van der Waals surface area contributed by atoms with Crippen molar-refractivity contribution in [2.75, 3.05) is 45.8 Å². The van der Waals surface area contributed by atoms with E-state index >= 15 is 0 Å². The van der Waals surface area contributed by atoms with Crippen molar-refractivity contribution in [1.29, 1.82) is 0 Å². The Morgan fingerprint density at radius 3 is 2.44 bits per heavy atom. The van der Waals surface area contributed by atoms with Gasteiger partial charge >= 0.3 is 0 Å². The highest BCUT2D eigenvalue weighted by Gasteiger charge is 2.51. The lowest BCUT2D eigenvalue weighted by Gasteiger charge is -2.57. The number of nitrogens with zero attached hydrogens (tertiary/aromatic N) is 3. The lowest BCUT2D eigenvalue weighted by atomic mass is 9.49. The Hall–Kier alpha value is -2.66. The first-order valence-electron chi connectivity index (χ1n) is 12.8. The summed E-state index contributed by atoms with van der Waals surface area (Å²) in [5.74, 6) is 1.73. The first-order chi connectivity index (χ1) is 16.3. The highest BCUT2D eigenvalue weighted by Crippen LogP contribution is 2.59. The van der Waals surface area contributed by atoms with Crippen LogP contribution >= 0.6 is 0 Å². The molecular weight excluding hydrogens is 422 g/mol. The van der Waals surface area contributed by atoms with Gasteiger partial charge in [-0.2, -0.15) is 0 Å². The molecule has 34 heavy (non-hydrogen) atoms. The van der Waals surface area contributed by atoms with Crippen LogP contribution in [0.1, 0.15) is 44.0 Å². The Morgan fingerprint density at radius 1 is 1.03 bits per heavy atom. The molecule has 2 amide bonds. The van der Waals surface area contributed by atoms with Crippen molar-refractivity contribution < 1.29 is 9.59 Å². The third-order valence-electron chi connectivity index (χ3n) is 8.74. The number of hydrogen-bond donors (Lipinski definition) is 0. The molecular formula is C29H37N3O2. The van der Waals surface area contributed by atoms with Crippen LogP contribution in [0.3, 0.4) is 0 Å². The topological polar surface area (TPSA) is 43.9 Å². The normalized spacial score (nSPS) is 23.9. The summed E-state index contributed by atoms with van der Waals surface area (Å²) in [6.45, 7) is 12.0. The number of allylic oxidation sites excluding steroid dienone is 1.